The Bertz CT molecular complexity index is 1050. The largest absolute Gasteiger partial charge is 0.465 e. The van der Waals surface area contributed by atoms with E-state index in [2.05, 4.69) is 19.9 Å². The first-order valence-corrected chi connectivity index (χ1v) is 9.40. The van der Waals surface area contributed by atoms with E-state index in [9.17, 15) is 4.79 Å². The van der Waals surface area contributed by atoms with E-state index in [1.165, 1.54) is 0 Å². The molecule has 0 N–H and O–H groups in total. The minimum absolute atomic E-state index is 0.287. The highest BCUT2D eigenvalue weighted by Crippen LogP contribution is 2.23. The van der Waals surface area contributed by atoms with Gasteiger partial charge in [0.15, 0.2) is 5.82 Å². The molecule has 3 rings (SSSR count). The van der Waals surface area contributed by atoms with Gasteiger partial charge in [-0.1, -0.05) is 12.1 Å². The number of rotatable bonds is 7. The lowest BCUT2D eigenvalue weighted by atomic mass is 9.97. The average molecular weight is 387 g/mol. The van der Waals surface area contributed by atoms with Crippen LogP contribution in [0.3, 0.4) is 0 Å². The Hall–Kier alpha value is -3.66. The minimum atomic E-state index is -0.561. The highest BCUT2D eigenvalue weighted by atomic mass is 16.5. The lowest BCUT2D eigenvalue weighted by Crippen LogP contribution is -2.18. The van der Waals surface area contributed by atoms with Crippen LogP contribution in [-0.4, -0.2) is 32.5 Å². The summed E-state index contributed by atoms with van der Waals surface area (Å²) in [6, 6.07) is 14.7. The molecule has 7 nitrogen and oxygen atoms in total. The Kier molecular flexibility index (Phi) is 6.59. The van der Waals surface area contributed by atoms with Gasteiger partial charge in [0, 0.05) is 17.6 Å². The zero-order chi connectivity index (χ0) is 20.6. The first-order chi connectivity index (χ1) is 14.1. The molecule has 0 aliphatic rings. The van der Waals surface area contributed by atoms with Crippen molar-refractivity contribution in [3.8, 4) is 17.6 Å². The van der Waals surface area contributed by atoms with Crippen molar-refractivity contribution in [2.45, 2.75) is 32.6 Å². The Labute approximate surface area is 169 Å². The van der Waals surface area contributed by atoms with E-state index in [0.717, 1.165) is 11.4 Å². The second kappa shape index (κ2) is 9.51. The summed E-state index contributed by atoms with van der Waals surface area (Å²) in [5, 5.41) is 9.02. The molecule has 1 atom stereocenters. The standard InChI is InChI=1S/C22H21N5O2/c1-3-29-22(28)18(11-10-16-7-5-8-17(14-23)26-16)19-12-13-24-21(27-19)20-9-4-6-15(2)25-20/h4-9,12-13,18H,3,10-11H2,1-2H3. The Morgan fingerprint density at radius 1 is 1.14 bits per heavy atom. The van der Waals surface area contributed by atoms with Gasteiger partial charge in [-0.05, 0) is 57.0 Å². The molecule has 3 aromatic heterocycles. The molecule has 0 spiro atoms. The van der Waals surface area contributed by atoms with Gasteiger partial charge in [0.05, 0.1) is 18.2 Å². The summed E-state index contributed by atoms with van der Waals surface area (Å²) in [4.78, 5) is 30.2. The number of hydrogen-bond donors (Lipinski definition) is 0. The summed E-state index contributed by atoms with van der Waals surface area (Å²) < 4.78 is 5.27. The highest BCUT2D eigenvalue weighted by molar-refractivity contribution is 5.77. The van der Waals surface area contributed by atoms with Gasteiger partial charge < -0.3 is 4.74 Å². The van der Waals surface area contributed by atoms with Crippen LogP contribution in [0.1, 0.15) is 42.0 Å². The number of nitriles is 1. The molecule has 0 aliphatic carbocycles. The molecule has 3 aromatic rings. The fourth-order valence-corrected chi connectivity index (χ4v) is 2.96. The average Bonchev–Trinajstić information content (AvgIpc) is 2.74. The number of aromatic nitrogens is 4. The van der Waals surface area contributed by atoms with Crippen LogP contribution in [0.15, 0.2) is 48.7 Å². The van der Waals surface area contributed by atoms with Gasteiger partial charge in [-0.2, -0.15) is 5.26 Å². The molecule has 0 aliphatic heterocycles. The van der Waals surface area contributed by atoms with E-state index in [1.54, 1.807) is 31.3 Å². The monoisotopic (exact) mass is 387 g/mol. The van der Waals surface area contributed by atoms with Crippen LogP contribution in [0.5, 0.6) is 0 Å². The number of hydrogen-bond acceptors (Lipinski definition) is 7. The number of ether oxygens (including phenoxy) is 1. The molecule has 0 bridgehead atoms. The fourth-order valence-electron chi connectivity index (χ4n) is 2.96. The van der Waals surface area contributed by atoms with Gasteiger partial charge in [0.25, 0.3) is 0 Å². The maximum atomic E-state index is 12.6. The van der Waals surface area contributed by atoms with Crippen molar-refractivity contribution in [1.82, 2.24) is 19.9 Å². The summed E-state index contributed by atoms with van der Waals surface area (Å²) >= 11 is 0. The van der Waals surface area contributed by atoms with Crippen LogP contribution >= 0.6 is 0 Å². The van der Waals surface area contributed by atoms with Gasteiger partial charge in [0.2, 0.25) is 0 Å². The van der Waals surface area contributed by atoms with Crippen LogP contribution in [0, 0.1) is 18.3 Å². The van der Waals surface area contributed by atoms with Crippen molar-refractivity contribution >= 4 is 5.97 Å². The molecule has 146 valence electrons. The first kappa shape index (κ1) is 20.1. The molecule has 0 radical (unpaired) electrons. The molecule has 0 aromatic carbocycles. The Balaban J connectivity index is 1.87. The molecule has 0 saturated heterocycles. The molecule has 1 unspecified atom stereocenters. The van der Waals surface area contributed by atoms with E-state index >= 15 is 0 Å². The molecular formula is C22H21N5O2. The Morgan fingerprint density at radius 2 is 1.97 bits per heavy atom. The van der Waals surface area contributed by atoms with Crippen LogP contribution in [0.4, 0.5) is 0 Å². The maximum Gasteiger partial charge on any atom is 0.315 e. The normalized spacial score (nSPS) is 11.5. The topological polar surface area (TPSA) is 102 Å². The van der Waals surface area contributed by atoms with Crippen molar-refractivity contribution in [3.05, 3.63) is 71.4 Å². The maximum absolute atomic E-state index is 12.6. The van der Waals surface area contributed by atoms with E-state index in [4.69, 9.17) is 10.00 Å². The summed E-state index contributed by atoms with van der Waals surface area (Å²) in [5.74, 6) is -0.440. The molecule has 0 saturated carbocycles. The zero-order valence-corrected chi connectivity index (χ0v) is 16.4. The van der Waals surface area contributed by atoms with Crippen LogP contribution in [0.25, 0.3) is 11.5 Å². The highest BCUT2D eigenvalue weighted by Gasteiger charge is 2.24. The Morgan fingerprint density at radius 3 is 2.72 bits per heavy atom. The quantitative estimate of drug-likeness (QED) is 0.573. The minimum Gasteiger partial charge on any atom is -0.465 e. The van der Waals surface area contributed by atoms with Gasteiger partial charge in [0.1, 0.15) is 17.5 Å². The van der Waals surface area contributed by atoms with Gasteiger partial charge in [-0.3, -0.25) is 4.79 Å². The molecule has 0 fully saturated rings. The summed E-state index contributed by atoms with van der Waals surface area (Å²) in [7, 11) is 0. The molecular weight excluding hydrogens is 366 g/mol. The predicted octanol–water partition coefficient (Wildman–Crippen LogP) is 3.39. The molecule has 3 heterocycles. The second-order valence-electron chi connectivity index (χ2n) is 6.44. The van der Waals surface area contributed by atoms with E-state index in [0.29, 0.717) is 35.7 Å². The third-order valence-electron chi connectivity index (χ3n) is 4.33. The third kappa shape index (κ3) is 5.20. The molecule has 0 amide bonds. The van der Waals surface area contributed by atoms with E-state index in [-0.39, 0.29) is 12.6 Å². The van der Waals surface area contributed by atoms with Crippen LogP contribution in [0.2, 0.25) is 0 Å². The van der Waals surface area contributed by atoms with Crippen molar-refractivity contribution < 1.29 is 9.53 Å². The van der Waals surface area contributed by atoms with Crippen LogP contribution in [-0.2, 0) is 16.0 Å². The second-order valence-corrected chi connectivity index (χ2v) is 6.44. The number of pyridine rings is 2. The lowest BCUT2D eigenvalue weighted by molar-refractivity contribution is -0.145. The number of carbonyl (C=O) groups excluding carboxylic acids is 1. The predicted molar refractivity (Wildman–Crippen MR) is 107 cm³/mol. The third-order valence-corrected chi connectivity index (χ3v) is 4.33. The number of carbonyl (C=O) groups is 1. The van der Waals surface area contributed by atoms with Crippen molar-refractivity contribution in [2.24, 2.45) is 0 Å². The summed E-state index contributed by atoms with van der Waals surface area (Å²) in [6.45, 7) is 3.96. The van der Waals surface area contributed by atoms with Crippen molar-refractivity contribution in [2.75, 3.05) is 6.61 Å². The van der Waals surface area contributed by atoms with Crippen molar-refractivity contribution in [3.63, 3.8) is 0 Å². The van der Waals surface area contributed by atoms with E-state index in [1.807, 2.05) is 37.3 Å². The zero-order valence-electron chi connectivity index (χ0n) is 16.4. The summed E-state index contributed by atoms with van der Waals surface area (Å²) in [5.41, 5.74) is 3.19. The van der Waals surface area contributed by atoms with Gasteiger partial charge >= 0.3 is 5.97 Å². The smallest absolute Gasteiger partial charge is 0.315 e. The lowest BCUT2D eigenvalue weighted by Gasteiger charge is -2.15. The first-order valence-electron chi connectivity index (χ1n) is 9.40. The SMILES string of the molecule is CCOC(=O)C(CCc1cccc(C#N)n1)c1ccnc(-c2cccc(C)n2)n1. The summed E-state index contributed by atoms with van der Waals surface area (Å²) in [6.07, 6.45) is 2.60. The molecule has 29 heavy (non-hydrogen) atoms. The molecule has 7 heteroatoms. The number of esters is 1. The van der Waals surface area contributed by atoms with Gasteiger partial charge in [-0.15, -0.1) is 0 Å². The van der Waals surface area contributed by atoms with Crippen LogP contribution < -0.4 is 0 Å². The van der Waals surface area contributed by atoms with Crippen molar-refractivity contribution in [1.29, 1.82) is 5.26 Å². The van der Waals surface area contributed by atoms with Gasteiger partial charge in [-0.25, -0.2) is 19.9 Å². The fraction of sp³-hybridized carbons (Fsp3) is 0.273. The number of aryl methyl sites for hydroxylation is 2. The van der Waals surface area contributed by atoms with E-state index < -0.39 is 5.92 Å². The number of nitrogens with zero attached hydrogens (tertiary/aromatic N) is 5.